The van der Waals surface area contributed by atoms with Crippen LogP contribution in [-0.2, 0) is 0 Å². The van der Waals surface area contributed by atoms with Crippen molar-refractivity contribution in [2.75, 3.05) is 23.7 Å². The van der Waals surface area contributed by atoms with Crippen LogP contribution in [0.25, 0.3) is 22.4 Å². The maximum atomic E-state index is 14.2. The highest BCUT2D eigenvalue weighted by atomic mass is 19.1. The molecule has 0 atom stereocenters. The van der Waals surface area contributed by atoms with E-state index in [4.69, 9.17) is 21.6 Å². The van der Waals surface area contributed by atoms with Crippen LogP contribution in [0.4, 0.5) is 16.0 Å². The molecule has 1 aromatic carbocycles. The summed E-state index contributed by atoms with van der Waals surface area (Å²) >= 11 is 0. The molecule has 3 aromatic rings. The van der Waals surface area contributed by atoms with Crippen LogP contribution in [0.5, 0.6) is 0 Å². The van der Waals surface area contributed by atoms with Gasteiger partial charge in [0.15, 0.2) is 29.0 Å². The van der Waals surface area contributed by atoms with E-state index in [0.29, 0.717) is 16.8 Å². The Kier molecular flexibility index (Phi) is 5.21. The molecule has 1 saturated heterocycles. The van der Waals surface area contributed by atoms with Gasteiger partial charge in [0.05, 0.1) is 5.39 Å². The minimum Gasteiger partial charge on any atom is -0.454 e. The number of anilines is 2. The smallest absolute Gasteiger partial charge is 0.302 e. The number of carbonyl (C=O) groups is 1. The molecule has 3 heterocycles. The first-order valence-corrected chi connectivity index (χ1v) is 9.69. The summed E-state index contributed by atoms with van der Waals surface area (Å²) in [5.41, 5.74) is 17.1. The zero-order valence-corrected chi connectivity index (χ0v) is 16.3. The normalized spacial score (nSPS) is 14.5. The average Bonchev–Trinajstić information content (AvgIpc) is 2.95. The molecule has 1 aliphatic rings. The number of fused-ring (bicyclic) bond motifs is 1. The van der Waals surface area contributed by atoms with Gasteiger partial charge in [-0.2, -0.15) is 4.99 Å². The third-order valence-electron chi connectivity index (χ3n) is 4.98. The number of nitrogen functional groups attached to an aromatic ring is 1. The highest BCUT2D eigenvalue weighted by molar-refractivity contribution is 6.04. The van der Waals surface area contributed by atoms with Gasteiger partial charge in [-0.1, -0.05) is 18.9 Å². The molecule has 1 amide bonds. The van der Waals surface area contributed by atoms with Gasteiger partial charge in [-0.25, -0.2) is 14.4 Å². The number of amides is 1. The van der Waals surface area contributed by atoms with Crippen LogP contribution in [0.3, 0.4) is 0 Å². The van der Waals surface area contributed by atoms with Gasteiger partial charge in [0.25, 0.3) is 0 Å². The average molecular weight is 411 g/mol. The van der Waals surface area contributed by atoms with Crippen molar-refractivity contribution in [3.8, 4) is 11.5 Å². The van der Waals surface area contributed by atoms with Crippen LogP contribution in [0.2, 0.25) is 0 Å². The van der Waals surface area contributed by atoms with Crippen molar-refractivity contribution in [3.05, 3.63) is 35.8 Å². The predicted molar refractivity (Wildman–Crippen MR) is 112 cm³/mol. The molecule has 6 N–H and O–H groups in total. The molecular formula is C20H22FN7O2. The number of benzene rings is 1. The molecule has 1 fully saturated rings. The fraction of sp³-hybridized carbons (Fsp3) is 0.300. The van der Waals surface area contributed by atoms with Crippen molar-refractivity contribution in [2.45, 2.75) is 25.7 Å². The number of nitrogens with zero attached hydrogens (tertiary/aromatic N) is 4. The van der Waals surface area contributed by atoms with Crippen LogP contribution < -0.4 is 22.1 Å². The zero-order chi connectivity index (χ0) is 21.3. The number of halogens is 1. The molecule has 10 heteroatoms. The Hall–Kier alpha value is -3.69. The fourth-order valence-electron chi connectivity index (χ4n) is 3.58. The van der Waals surface area contributed by atoms with E-state index < -0.39 is 17.7 Å². The van der Waals surface area contributed by atoms with Crippen molar-refractivity contribution in [2.24, 2.45) is 16.5 Å². The fourth-order valence-corrected chi connectivity index (χ4v) is 3.58. The van der Waals surface area contributed by atoms with E-state index in [9.17, 15) is 9.18 Å². The van der Waals surface area contributed by atoms with E-state index in [0.717, 1.165) is 38.8 Å². The third kappa shape index (κ3) is 3.76. The standard InChI is InChI=1S/C20H22FN7O2/c21-12-6-5-7-13-11(12)10-14(30-13)15-18(28-8-3-1-2-4-9-28)26-17(22)16(25-15)19(29)27-20(23)24/h5-7,10H,1-4,8-9H2,(H2,22,26)(H4,23,24,27,29). The predicted octanol–water partition coefficient (Wildman–Crippen LogP) is 2.41. The largest absolute Gasteiger partial charge is 0.454 e. The number of nitrogens with two attached hydrogens (primary N) is 3. The monoisotopic (exact) mass is 411 g/mol. The van der Waals surface area contributed by atoms with Crippen molar-refractivity contribution in [1.29, 1.82) is 0 Å². The molecule has 0 unspecified atom stereocenters. The summed E-state index contributed by atoms with van der Waals surface area (Å²) in [5.74, 6) is -0.971. The Morgan fingerprint density at radius 3 is 2.53 bits per heavy atom. The summed E-state index contributed by atoms with van der Waals surface area (Å²) in [7, 11) is 0. The lowest BCUT2D eigenvalue weighted by molar-refractivity contribution is 0.0998. The van der Waals surface area contributed by atoms with Gasteiger partial charge in [-0.05, 0) is 31.0 Å². The number of hydrogen-bond donors (Lipinski definition) is 3. The van der Waals surface area contributed by atoms with Crippen molar-refractivity contribution < 1.29 is 13.6 Å². The number of aliphatic imine (C=N–C) groups is 1. The highest BCUT2D eigenvalue weighted by Gasteiger charge is 2.25. The van der Waals surface area contributed by atoms with Crippen LogP contribution in [0, 0.1) is 5.82 Å². The first-order valence-electron chi connectivity index (χ1n) is 9.69. The van der Waals surface area contributed by atoms with Gasteiger partial charge < -0.3 is 26.5 Å². The Bertz CT molecular complexity index is 1130. The number of guanidine groups is 1. The molecule has 156 valence electrons. The molecule has 4 rings (SSSR count). The lowest BCUT2D eigenvalue weighted by Gasteiger charge is -2.23. The van der Waals surface area contributed by atoms with E-state index in [1.165, 1.54) is 6.07 Å². The molecular weight excluding hydrogens is 389 g/mol. The summed E-state index contributed by atoms with van der Waals surface area (Å²) < 4.78 is 20.1. The molecule has 0 aliphatic carbocycles. The Balaban J connectivity index is 1.90. The number of aromatic nitrogens is 2. The second kappa shape index (κ2) is 7.97. The molecule has 30 heavy (non-hydrogen) atoms. The van der Waals surface area contributed by atoms with E-state index in [2.05, 4.69) is 19.9 Å². The maximum absolute atomic E-state index is 14.2. The van der Waals surface area contributed by atoms with Crippen molar-refractivity contribution >= 4 is 34.5 Å². The molecule has 0 bridgehead atoms. The van der Waals surface area contributed by atoms with Gasteiger partial charge in [-0.15, -0.1) is 0 Å². The van der Waals surface area contributed by atoms with Crippen molar-refractivity contribution in [3.63, 3.8) is 0 Å². The SMILES string of the molecule is NC(N)=NC(=O)c1nc(-c2cc3c(F)cccc3o2)c(N2CCCCCC2)nc1N. The molecule has 0 saturated carbocycles. The van der Waals surface area contributed by atoms with Gasteiger partial charge in [0.1, 0.15) is 17.1 Å². The molecule has 9 nitrogen and oxygen atoms in total. The lowest BCUT2D eigenvalue weighted by Crippen LogP contribution is -2.27. The number of rotatable bonds is 3. The van der Waals surface area contributed by atoms with Crippen LogP contribution >= 0.6 is 0 Å². The molecule has 2 aromatic heterocycles. The number of hydrogen-bond acceptors (Lipinski definition) is 6. The van der Waals surface area contributed by atoms with Gasteiger partial charge in [-0.3, -0.25) is 4.79 Å². The van der Waals surface area contributed by atoms with E-state index in [1.807, 2.05) is 0 Å². The van der Waals surface area contributed by atoms with Gasteiger partial charge in [0.2, 0.25) is 0 Å². The van der Waals surface area contributed by atoms with Crippen LogP contribution in [0.15, 0.2) is 33.7 Å². The minimum absolute atomic E-state index is 0.0877. The summed E-state index contributed by atoms with van der Waals surface area (Å²) in [6, 6.07) is 6.10. The number of carbonyl (C=O) groups excluding carboxylic acids is 1. The first-order chi connectivity index (χ1) is 14.4. The molecule has 1 aliphatic heterocycles. The Labute approximate surface area is 171 Å². The highest BCUT2D eigenvalue weighted by Crippen LogP contribution is 2.35. The first kappa shape index (κ1) is 19.6. The Morgan fingerprint density at radius 1 is 1.13 bits per heavy atom. The number of furan rings is 1. The topological polar surface area (TPSA) is 150 Å². The second-order valence-corrected chi connectivity index (χ2v) is 7.14. The van der Waals surface area contributed by atoms with Crippen molar-refractivity contribution in [1.82, 2.24) is 9.97 Å². The molecule has 0 spiro atoms. The summed E-state index contributed by atoms with van der Waals surface area (Å²) in [6.07, 6.45) is 4.21. The quantitative estimate of drug-likeness (QED) is 0.439. The van der Waals surface area contributed by atoms with Crippen LogP contribution in [-0.4, -0.2) is 34.9 Å². The van der Waals surface area contributed by atoms with E-state index >= 15 is 0 Å². The second-order valence-electron chi connectivity index (χ2n) is 7.14. The van der Waals surface area contributed by atoms with Crippen LogP contribution in [0.1, 0.15) is 36.2 Å². The minimum atomic E-state index is -0.814. The van der Waals surface area contributed by atoms with E-state index in [1.54, 1.807) is 18.2 Å². The van der Waals surface area contributed by atoms with Gasteiger partial charge in [0, 0.05) is 13.1 Å². The zero-order valence-electron chi connectivity index (χ0n) is 16.3. The summed E-state index contributed by atoms with van der Waals surface area (Å²) in [5, 5.41) is 0.310. The van der Waals surface area contributed by atoms with E-state index in [-0.39, 0.29) is 23.0 Å². The summed E-state index contributed by atoms with van der Waals surface area (Å²) in [6.45, 7) is 1.52. The lowest BCUT2D eigenvalue weighted by atomic mass is 10.2. The Morgan fingerprint density at radius 2 is 1.87 bits per heavy atom. The molecule has 0 radical (unpaired) electrons. The maximum Gasteiger partial charge on any atom is 0.302 e. The summed E-state index contributed by atoms with van der Waals surface area (Å²) in [4.78, 5) is 26.8. The third-order valence-corrected chi connectivity index (χ3v) is 4.98. The van der Waals surface area contributed by atoms with Gasteiger partial charge >= 0.3 is 5.91 Å².